The lowest BCUT2D eigenvalue weighted by molar-refractivity contribution is -0.118. The summed E-state index contributed by atoms with van der Waals surface area (Å²) in [5.74, 6) is 0. The standard InChI is InChI=1S/C9H19BN2O2/c1-11-7-4-5-8(12(2)6-7)9(13)10-14-3/h7-8,10-11H,4-6H2,1-3H3/t7-,8+/m1/s1. The molecule has 0 aromatic heterocycles. The zero-order valence-corrected chi connectivity index (χ0v) is 9.25. The van der Waals surface area contributed by atoms with E-state index in [0.29, 0.717) is 6.04 Å². The molecule has 1 aliphatic rings. The second-order valence-electron chi connectivity index (χ2n) is 3.92. The number of carbonyl (C=O) groups is 1. The van der Waals surface area contributed by atoms with Crippen LogP contribution in [0.25, 0.3) is 0 Å². The quantitative estimate of drug-likeness (QED) is 0.600. The van der Waals surface area contributed by atoms with E-state index in [4.69, 9.17) is 4.65 Å². The summed E-state index contributed by atoms with van der Waals surface area (Å²) in [4.78, 5) is 13.7. The smallest absolute Gasteiger partial charge is 0.353 e. The molecule has 1 heterocycles. The third kappa shape index (κ3) is 2.80. The SMILES string of the molecule is CN[C@@H]1CC[C@@H](C(=O)BOC)N(C)C1. The molecule has 0 aliphatic carbocycles. The molecule has 0 amide bonds. The van der Waals surface area contributed by atoms with Crippen LogP contribution in [0.5, 0.6) is 0 Å². The Hall–Kier alpha value is -0.385. The van der Waals surface area contributed by atoms with Crippen molar-refractivity contribution in [2.45, 2.75) is 24.9 Å². The molecule has 0 radical (unpaired) electrons. The molecular weight excluding hydrogens is 179 g/mol. The van der Waals surface area contributed by atoms with Gasteiger partial charge in [-0.05, 0) is 26.9 Å². The van der Waals surface area contributed by atoms with Gasteiger partial charge in [-0.15, -0.1) is 0 Å². The zero-order valence-electron chi connectivity index (χ0n) is 9.25. The fourth-order valence-electron chi connectivity index (χ4n) is 2.03. The Labute approximate surface area is 86.3 Å². The van der Waals surface area contributed by atoms with Gasteiger partial charge in [-0.2, -0.15) is 0 Å². The maximum atomic E-state index is 11.6. The molecule has 80 valence electrons. The normalized spacial score (nSPS) is 28.8. The molecule has 1 N–H and O–H groups in total. The minimum atomic E-state index is 0.0551. The molecule has 0 aromatic rings. The van der Waals surface area contributed by atoms with Gasteiger partial charge in [-0.25, -0.2) is 0 Å². The lowest BCUT2D eigenvalue weighted by Gasteiger charge is -2.36. The summed E-state index contributed by atoms with van der Waals surface area (Å²) in [5, 5.41) is 3.24. The Kier molecular flexibility index (Phi) is 4.58. The van der Waals surface area contributed by atoms with E-state index in [2.05, 4.69) is 10.2 Å². The Morgan fingerprint density at radius 2 is 2.29 bits per heavy atom. The van der Waals surface area contributed by atoms with Crippen LogP contribution in [0.1, 0.15) is 12.8 Å². The van der Waals surface area contributed by atoms with Crippen LogP contribution < -0.4 is 5.32 Å². The van der Waals surface area contributed by atoms with Crippen LogP contribution in [-0.4, -0.2) is 57.9 Å². The number of hydrogen-bond acceptors (Lipinski definition) is 4. The van der Waals surface area contributed by atoms with Crippen molar-refractivity contribution in [3.63, 3.8) is 0 Å². The molecule has 0 aromatic carbocycles. The van der Waals surface area contributed by atoms with Gasteiger partial charge in [0.05, 0.1) is 6.04 Å². The van der Waals surface area contributed by atoms with Crippen LogP contribution in [-0.2, 0) is 9.45 Å². The molecule has 4 nitrogen and oxygen atoms in total. The number of likely N-dealkylation sites (N-methyl/N-ethyl adjacent to an activating group) is 2. The number of rotatable bonds is 4. The van der Waals surface area contributed by atoms with Crippen molar-refractivity contribution in [1.82, 2.24) is 10.2 Å². The van der Waals surface area contributed by atoms with E-state index in [9.17, 15) is 4.79 Å². The van der Waals surface area contributed by atoms with Crippen molar-refractivity contribution in [2.24, 2.45) is 0 Å². The Morgan fingerprint density at radius 1 is 1.57 bits per heavy atom. The van der Waals surface area contributed by atoms with Gasteiger partial charge in [0.2, 0.25) is 0 Å². The summed E-state index contributed by atoms with van der Waals surface area (Å²) < 4.78 is 4.87. The van der Waals surface area contributed by atoms with Crippen LogP contribution in [0, 0.1) is 0 Å². The fourth-order valence-corrected chi connectivity index (χ4v) is 2.03. The van der Waals surface area contributed by atoms with Crippen molar-refractivity contribution in [3.8, 4) is 0 Å². The molecule has 5 heteroatoms. The molecule has 14 heavy (non-hydrogen) atoms. The highest BCUT2D eigenvalue weighted by atomic mass is 16.4. The van der Waals surface area contributed by atoms with Crippen molar-refractivity contribution in [1.29, 1.82) is 0 Å². The first kappa shape index (κ1) is 11.7. The van der Waals surface area contributed by atoms with E-state index in [1.165, 1.54) is 0 Å². The second-order valence-corrected chi connectivity index (χ2v) is 3.92. The molecule has 1 rings (SSSR count). The van der Waals surface area contributed by atoms with Gasteiger partial charge < -0.3 is 14.8 Å². The van der Waals surface area contributed by atoms with E-state index in [1.807, 2.05) is 14.1 Å². The molecule has 1 saturated heterocycles. The Balaban J connectivity index is 2.45. The Morgan fingerprint density at radius 3 is 2.79 bits per heavy atom. The van der Waals surface area contributed by atoms with Crippen LogP contribution in [0.4, 0.5) is 0 Å². The predicted molar refractivity (Wildman–Crippen MR) is 57.7 cm³/mol. The van der Waals surface area contributed by atoms with Gasteiger partial charge in [-0.3, -0.25) is 4.90 Å². The number of hydrogen-bond donors (Lipinski definition) is 1. The number of nitrogens with one attached hydrogen (secondary N) is 1. The zero-order chi connectivity index (χ0) is 10.6. The van der Waals surface area contributed by atoms with Crippen LogP contribution in [0.2, 0.25) is 0 Å². The van der Waals surface area contributed by atoms with Gasteiger partial charge in [0.1, 0.15) is 5.68 Å². The first-order chi connectivity index (χ1) is 6.69. The molecule has 0 unspecified atom stereocenters. The van der Waals surface area contributed by atoms with Gasteiger partial charge in [0.15, 0.2) is 0 Å². The van der Waals surface area contributed by atoms with E-state index in [1.54, 1.807) is 7.11 Å². The Bertz CT molecular complexity index is 201. The minimum Gasteiger partial charge on any atom is -0.434 e. The minimum absolute atomic E-state index is 0.0551. The van der Waals surface area contributed by atoms with Gasteiger partial charge in [0, 0.05) is 19.7 Å². The van der Waals surface area contributed by atoms with Crippen molar-refractivity contribution >= 4 is 13.2 Å². The van der Waals surface area contributed by atoms with Crippen LogP contribution >= 0.6 is 0 Å². The number of nitrogens with zero attached hydrogens (tertiary/aromatic N) is 1. The molecular formula is C9H19BN2O2. The van der Waals surface area contributed by atoms with E-state index < -0.39 is 0 Å². The molecule has 0 saturated carbocycles. The lowest BCUT2D eigenvalue weighted by Crippen LogP contribution is -2.51. The first-order valence-corrected chi connectivity index (χ1v) is 5.08. The highest BCUT2D eigenvalue weighted by Crippen LogP contribution is 2.15. The van der Waals surface area contributed by atoms with Crippen LogP contribution in [0.3, 0.4) is 0 Å². The summed E-state index contributed by atoms with van der Waals surface area (Å²) in [6.45, 7) is 0.941. The average molecular weight is 198 g/mol. The van der Waals surface area contributed by atoms with Gasteiger partial charge >= 0.3 is 7.48 Å². The number of carbonyl (C=O) groups excluding carboxylic acids is 1. The fraction of sp³-hybridized carbons (Fsp3) is 0.889. The topological polar surface area (TPSA) is 41.6 Å². The molecule has 0 bridgehead atoms. The lowest BCUT2D eigenvalue weighted by atomic mass is 9.82. The summed E-state index contributed by atoms with van der Waals surface area (Å²) in [6.07, 6.45) is 2.01. The molecule has 1 aliphatic heterocycles. The summed E-state index contributed by atoms with van der Waals surface area (Å²) in [7, 11) is 5.77. The number of likely N-dealkylation sites (tertiary alicyclic amines) is 1. The molecule has 2 atom stereocenters. The third-order valence-electron chi connectivity index (χ3n) is 2.90. The highest BCUT2D eigenvalue weighted by molar-refractivity contribution is 6.70. The van der Waals surface area contributed by atoms with E-state index in [-0.39, 0.29) is 19.2 Å². The van der Waals surface area contributed by atoms with Crippen molar-refractivity contribution in [2.75, 3.05) is 27.7 Å². The number of piperidine rings is 1. The average Bonchev–Trinajstić information content (AvgIpc) is 2.17. The van der Waals surface area contributed by atoms with Crippen molar-refractivity contribution in [3.05, 3.63) is 0 Å². The van der Waals surface area contributed by atoms with Crippen LogP contribution in [0.15, 0.2) is 0 Å². The van der Waals surface area contributed by atoms with Crippen molar-refractivity contribution < 1.29 is 9.45 Å². The summed E-state index contributed by atoms with van der Waals surface area (Å²) in [6, 6.07) is 0.575. The molecule has 0 spiro atoms. The summed E-state index contributed by atoms with van der Waals surface area (Å²) in [5.41, 5.74) is 0.199. The largest absolute Gasteiger partial charge is 0.434 e. The summed E-state index contributed by atoms with van der Waals surface area (Å²) >= 11 is 0. The second kappa shape index (κ2) is 5.48. The van der Waals surface area contributed by atoms with E-state index >= 15 is 0 Å². The van der Waals surface area contributed by atoms with Gasteiger partial charge in [0.25, 0.3) is 0 Å². The third-order valence-corrected chi connectivity index (χ3v) is 2.90. The highest BCUT2D eigenvalue weighted by Gasteiger charge is 2.29. The van der Waals surface area contributed by atoms with Gasteiger partial charge in [-0.1, -0.05) is 0 Å². The maximum absolute atomic E-state index is 11.6. The van der Waals surface area contributed by atoms with E-state index in [0.717, 1.165) is 19.4 Å². The maximum Gasteiger partial charge on any atom is 0.353 e. The molecule has 1 fully saturated rings. The first-order valence-electron chi connectivity index (χ1n) is 5.08. The predicted octanol–water partition coefficient (Wildman–Crippen LogP) is -0.807. The monoisotopic (exact) mass is 198 g/mol.